The summed E-state index contributed by atoms with van der Waals surface area (Å²) in [5.41, 5.74) is 0.730. The first-order valence-corrected chi connectivity index (χ1v) is 7.21. The van der Waals surface area contributed by atoms with Crippen molar-refractivity contribution in [1.29, 1.82) is 0 Å². The number of Topliss-reactive ketones (excluding diaryl/α,β-unsaturated/α-hetero) is 1. The molecule has 0 aliphatic carbocycles. The van der Waals surface area contributed by atoms with E-state index in [0.29, 0.717) is 11.0 Å². The largest absolute Gasteiger partial charge is 0.497 e. The van der Waals surface area contributed by atoms with E-state index in [1.165, 1.54) is 0 Å². The van der Waals surface area contributed by atoms with E-state index in [2.05, 4.69) is 0 Å². The molecule has 2 rings (SSSR count). The van der Waals surface area contributed by atoms with Gasteiger partial charge in [0.15, 0.2) is 5.78 Å². The molecule has 1 aliphatic heterocycles. The molecule has 0 spiro atoms. The number of hydrogen-bond acceptors (Lipinski definition) is 4. The fourth-order valence-electron chi connectivity index (χ4n) is 1.92. The predicted octanol–water partition coefficient (Wildman–Crippen LogP) is 2.79. The molecule has 0 amide bonds. The lowest BCUT2D eigenvalue weighted by Crippen LogP contribution is -2.19. The quantitative estimate of drug-likeness (QED) is 0.768. The Kier molecular flexibility index (Phi) is 5.08. The monoisotopic (exact) mass is 266 g/mol. The van der Waals surface area contributed by atoms with Crippen molar-refractivity contribution >= 4 is 17.5 Å². The summed E-state index contributed by atoms with van der Waals surface area (Å²) in [4.78, 5) is 12.0. The molecule has 98 valence electrons. The lowest BCUT2D eigenvalue weighted by molar-refractivity contribution is 0.0988. The summed E-state index contributed by atoms with van der Waals surface area (Å²) in [6.45, 7) is 1.65. The third kappa shape index (κ3) is 3.75. The number of ether oxygens (including phenoxy) is 2. The zero-order valence-corrected chi connectivity index (χ0v) is 11.4. The molecule has 0 unspecified atom stereocenters. The topological polar surface area (TPSA) is 35.5 Å². The van der Waals surface area contributed by atoms with Crippen molar-refractivity contribution in [2.45, 2.75) is 18.1 Å². The summed E-state index contributed by atoms with van der Waals surface area (Å²) >= 11 is 1.74. The fraction of sp³-hybridized carbons (Fsp3) is 0.500. The van der Waals surface area contributed by atoms with Crippen LogP contribution in [0.4, 0.5) is 0 Å². The number of rotatable bonds is 5. The maximum Gasteiger partial charge on any atom is 0.172 e. The zero-order valence-electron chi connectivity index (χ0n) is 10.6. The van der Waals surface area contributed by atoms with Crippen LogP contribution in [0.3, 0.4) is 0 Å². The molecule has 18 heavy (non-hydrogen) atoms. The van der Waals surface area contributed by atoms with E-state index in [9.17, 15) is 4.79 Å². The average Bonchev–Trinajstić information content (AvgIpc) is 2.46. The van der Waals surface area contributed by atoms with Crippen LogP contribution in [-0.4, -0.2) is 37.1 Å². The summed E-state index contributed by atoms with van der Waals surface area (Å²) in [6, 6.07) is 7.34. The van der Waals surface area contributed by atoms with Crippen LogP contribution in [0.1, 0.15) is 23.2 Å². The van der Waals surface area contributed by atoms with E-state index in [1.807, 2.05) is 18.2 Å². The van der Waals surface area contributed by atoms with Gasteiger partial charge >= 0.3 is 0 Å². The van der Waals surface area contributed by atoms with Crippen molar-refractivity contribution in [1.82, 2.24) is 0 Å². The highest BCUT2D eigenvalue weighted by atomic mass is 32.2. The van der Waals surface area contributed by atoms with Gasteiger partial charge in [0, 0.05) is 24.0 Å². The van der Waals surface area contributed by atoms with Crippen LogP contribution in [0, 0.1) is 0 Å². The van der Waals surface area contributed by atoms with Gasteiger partial charge in [-0.2, -0.15) is 11.8 Å². The van der Waals surface area contributed by atoms with Gasteiger partial charge in [-0.1, -0.05) is 12.1 Å². The van der Waals surface area contributed by atoms with E-state index >= 15 is 0 Å². The van der Waals surface area contributed by atoms with E-state index in [1.54, 1.807) is 24.9 Å². The Balaban J connectivity index is 1.86. The second-order valence-corrected chi connectivity index (χ2v) is 5.57. The maximum absolute atomic E-state index is 12.0. The van der Waals surface area contributed by atoms with Crippen molar-refractivity contribution in [2.24, 2.45) is 0 Å². The number of ketones is 1. The standard InChI is InChI=1S/C14H18O3S/c1-16-12-4-2-3-11(9-12)14(15)10-18-13-5-7-17-8-6-13/h2-4,9,13H,5-8,10H2,1H3. The SMILES string of the molecule is COc1cccc(C(=O)CSC2CCOCC2)c1. The molecule has 1 saturated heterocycles. The molecule has 0 atom stereocenters. The molecule has 0 aromatic heterocycles. The first-order chi connectivity index (χ1) is 8.79. The highest BCUT2D eigenvalue weighted by Crippen LogP contribution is 2.23. The molecule has 4 heteroatoms. The van der Waals surface area contributed by atoms with Crippen LogP contribution in [0.2, 0.25) is 0 Å². The third-order valence-electron chi connectivity index (χ3n) is 3.01. The van der Waals surface area contributed by atoms with Gasteiger partial charge in [0.1, 0.15) is 5.75 Å². The number of carbonyl (C=O) groups excluding carboxylic acids is 1. The van der Waals surface area contributed by atoms with Gasteiger partial charge in [0.2, 0.25) is 0 Å². The lowest BCUT2D eigenvalue weighted by Gasteiger charge is -2.21. The Morgan fingerprint density at radius 3 is 2.94 bits per heavy atom. The van der Waals surface area contributed by atoms with Crippen LogP contribution in [0.5, 0.6) is 5.75 Å². The molecule has 0 N–H and O–H groups in total. The lowest BCUT2D eigenvalue weighted by atomic mass is 10.1. The normalized spacial score (nSPS) is 16.5. The van der Waals surface area contributed by atoms with Gasteiger partial charge in [0.05, 0.1) is 12.9 Å². The van der Waals surface area contributed by atoms with E-state index in [0.717, 1.165) is 37.4 Å². The molecule has 3 nitrogen and oxygen atoms in total. The second kappa shape index (κ2) is 6.81. The molecular weight excluding hydrogens is 248 g/mol. The summed E-state index contributed by atoms with van der Waals surface area (Å²) in [6.07, 6.45) is 2.10. The summed E-state index contributed by atoms with van der Waals surface area (Å²) in [5, 5.41) is 0.563. The molecule has 0 bridgehead atoms. The Bertz CT molecular complexity index is 400. The average molecular weight is 266 g/mol. The highest BCUT2D eigenvalue weighted by Gasteiger charge is 2.16. The minimum absolute atomic E-state index is 0.172. The van der Waals surface area contributed by atoms with Crippen LogP contribution in [0.15, 0.2) is 24.3 Å². The Hall–Kier alpha value is -1.00. The minimum atomic E-state index is 0.172. The summed E-state index contributed by atoms with van der Waals surface area (Å²) in [7, 11) is 1.61. The van der Waals surface area contributed by atoms with Crippen molar-refractivity contribution in [3.63, 3.8) is 0 Å². The van der Waals surface area contributed by atoms with Gasteiger partial charge in [-0.25, -0.2) is 0 Å². The first kappa shape index (κ1) is 13.4. The van der Waals surface area contributed by atoms with Crippen molar-refractivity contribution in [3.8, 4) is 5.75 Å². The predicted molar refractivity (Wildman–Crippen MR) is 73.6 cm³/mol. The van der Waals surface area contributed by atoms with Gasteiger partial charge in [0.25, 0.3) is 0 Å². The molecule has 1 aliphatic rings. The summed E-state index contributed by atoms with van der Waals surface area (Å²) < 4.78 is 10.4. The first-order valence-electron chi connectivity index (χ1n) is 6.16. The zero-order chi connectivity index (χ0) is 12.8. The van der Waals surface area contributed by atoms with Gasteiger partial charge in [-0.05, 0) is 25.0 Å². The van der Waals surface area contributed by atoms with Gasteiger partial charge in [-0.3, -0.25) is 4.79 Å². The smallest absolute Gasteiger partial charge is 0.172 e. The van der Waals surface area contributed by atoms with Crippen molar-refractivity contribution in [2.75, 3.05) is 26.1 Å². The maximum atomic E-state index is 12.0. The molecule has 1 aromatic rings. The summed E-state index contributed by atoms with van der Waals surface area (Å²) in [5.74, 6) is 1.44. The number of hydrogen-bond donors (Lipinski definition) is 0. The Morgan fingerprint density at radius 2 is 2.22 bits per heavy atom. The molecule has 1 heterocycles. The van der Waals surface area contributed by atoms with Crippen LogP contribution in [-0.2, 0) is 4.74 Å². The van der Waals surface area contributed by atoms with Crippen molar-refractivity contribution in [3.05, 3.63) is 29.8 Å². The van der Waals surface area contributed by atoms with Crippen molar-refractivity contribution < 1.29 is 14.3 Å². The van der Waals surface area contributed by atoms with E-state index < -0.39 is 0 Å². The van der Waals surface area contributed by atoms with Crippen LogP contribution in [0.25, 0.3) is 0 Å². The molecule has 1 fully saturated rings. The van der Waals surface area contributed by atoms with Gasteiger partial charge in [-0.15, -0.1) is 0 Å². The molecule has 0 saturated carbocycles. The van der Waals surface area contributed by atoms with E-state index in [-0.39, 0.29) is 5.78 Å². The third-order valence-corrected chi connectivity index (χ3v) is 4.38. The number of carbonyl (C=O) groups is 1. The second-order valence-electron chi connectivity index (χ2n) is 4.28. The molecule has 0 radical (unpaired) electrons. The minimum Gasteiger partial charge on any atom is -0.497 e. The molecule has 1 aromatic carbocycles. The van der Waals surface area contributed by atoms with Crippen LogP contribution >= 0.6 is 11.8 Å². The van der Waals surface area contributed by atoms with Gasteiger partial charge < -0.3 is 9.47 Å². The number of methoxy groups -OCH3 is 1. The number of thioether (sulfide) groups is 1. The van der Waals surface area contributed by atoms with Crippen LogP contribution < -0.4 is 4.74 Å². The number of benzene rings is 1. The Morgan fingerprint density at radius 1 is 1.44 bits per heavy atom. The Labute approximate surface area is 112 Å². The fourth-order valence-corrected chi connectivity index (χ4v) is 3.00. The van der Waals surface area contributed by atoms with E-state index in [4.69, 9.17) is 9.47 Å². The molecular formula is C14H18O3S. The highest BCUT2D eigenvalue weighted by molar-refractivity contribution is 8.00.